The van der Waals surface area contributed by atoms with Gasteiger partial charge in [0.15, 0.2) is 5.69 Å². The molecule has 1 amide bonds. The lowest BCUT2D eigenvalue weighted by Crippen LogP contribution is -2.27. The SMILES string of the molecule is CC(CCc1nc(-c2cnn(C)c2C(=O)O)ccc1NC(=O)OC(C)(C)C)[C@@H](O)c1cccc(F)c1. The van der Waals surface area contributed by atoms with Crippen LogP contribution in [0.25, 0.3) is 11.3 Å². The van der Waals surface area contributed by atoms with Crippen molar-refractivity contribution in [3.63, 3.8) is 0 Å². The molecule has 0 aliphatic heterocycles. The molecule has 0 fully saturated rings. The molecular weight excluding hydrogens is 467 g/mol. The van der Waals surface area contributed by atoms with Crippen LogP contribution >= 0.6 is 0 Å². The molecule has 0 bridgehead atoms. The molecule has 2 atom stereocenters. The molecule has 192 valence electrons. The van der Waals surface area contributed by atoms with Crippen LogP contribution in [0.4, 0.5) is 14.9 Å². The Labute approximate surface area is 208 Å². The van der Waals surface area contributed by atoms with Crippen LogP contribution in [0.15, 0.2) is 42.6 Å². The molecule has 0 spiro atoms. The third-order valence-electron chi connectivity index (χ3n) is 5.59. The predicted octanol–water partition coefficient (Wildman–Crippen LogP) is 4.97. The number of carbonyl (C=O) groups excluding carboxylic acids is 1. The molecule has 0 saturated heterocycles. The number of aliphatic hydroxyl groups excluding tert-OH is 1. The Bertz CT molecular complexity index is 1250. The number of carboxylic acids is 1. The van der Waals surface area contributed by atoms with Crippen LogP contribution in [-0.2, 0) is 18.2 Å². The number of carboxylic acid groups (broad SMARTS) is 1. The number of amides is 1. The Hall–Kier alpha value is -3.79. The minimum absolute atomic E-state index is 0.0174. The second kappa shape index (κ2) is 10.9. The highest BCUT2D eigenvalue weighted by atomic mass is 19.1. The fourth-order valence-corrected chi connectivity index (χ4v) is 3.79. The fraction of sp³-hybridized carbons (Fsp3) is 0.385. The van der Waals surface area contributed by atoms with E-state index in [1.807, 2.05) is 6.92 Å². The van der Waals surface area contributed by atoms with E-state index in [1.165, 1.54) is 30.1 Å². The lowest BCUT2D eigenvalue weighted by molar-refractivity contribution is 0.0633. The molecule has 1 aromatic carbocycles. The van der Waals surface area contributed by atoms with Crippen molar-refractivity contribution in [3.8, 4) is 11.3 Å². The number of aromatic carboxylic acids is 1. The Morgan fingerprint density at radius 2 is 1.94 bits per heavy atom. The van der Waals surface area contributed by atoms with Crippen LogP contribution in [0.1, 0.15) is 62.0 Å². The molecule has 0 aliphatic carbocycles. The first-order valence-corrected chi connectivity index (χ1v) is 11.5. The number of aromatic nitrogens is 3. The van der Waals surface area contributed by atoms with Gasteiger partial charge in [-0.05, 0) is 69.4 Å². The molecule has 3 rings (SSSR count). The summed E-state index contributed by atoms with van der Waals surface area (Å²) in [5.74, 6) is -1.83. The fourth-order valence-electron chi connectivity index (χ4n) is 3.79. The summed E-state index contributed by atoms with van der Waals surface area (Å²) in [4.78, 5) is 28.8. The van der Waals surface area contributed by atoms with E-state index in [9.17, 15) is 24.2 Å². The van der Waals surface area contributed by atoms with Gasteiger partial charge in [0.1, 0.15) is 11.4 Å². The number of anilines is 1. The van der Waals surface area contributed by atoms with E-state index in [4.69, 9.17) is 4.74 Å². The molecular formula is C26H31FN4O5. The molecule has 0 radical (unpaired) electrons. The minimum Gasteiger partial charge on any atom is -0.477 e. The number of hydrogen-bond donors (Lipinski definition) is 3. The summed E-state index contributed by atoms with van der Waals surface area (Å²) in [7, 11) is 1.53. The van der Waals surface area contributed by atoms with Gasteiger partial charge in [-0.3, -0.25) is 15.0 Å². The van der Waals surface area contributed by atoms with Crippen LogP contribution in [0, 0.1) is 11.7 Å². The number of aryl methyl sites for hydroxylation is 2. The molecule has 2 heterocycles. The average molecular weight is 499 g/mol. The second-order valence-corrected chi connectivity index (χ2v) is 9.67. The number of aliphatic hydroxyl groups is 1. The molecule has 36 heavy (non-hydrogen) atoms. The number of rotatable bonds is 8. The van der Waals surface area contributed by atoms with E-state index in [2.05, 4.69) is 15.4 Å². The van der Waals surface area contributed by atoms with Gasteiger partial charge in [-0.15, -0.1) is 0 Å². The van der Waals surface area contributed by atoms with E-state index >= 15 is 0 Å². The zero-order chi connectivity index (χ0) is 26.6. The molecule has 0 saturated carbocycles. The Morgan fingerprint density at radius 3 is 2.58 bits per heavy atom. The molecule has 2 aromatic heterocycles. The highest BCUT2D eigenvalue weighted by Gasteiger charge is 2.23. The lowest BCUT2D eigenvalue weighted by Gasteiger charge is -2.22. The zero-order valence-electron chi connectivity index (χ0n) is 20.9. The van der Waals surface area contributed by atoms with Gasteiger partial charge in [0.05, 0.1) is 34.9 Å². The van der Waals surface area contributed by atoms with Crippen molar-refractivity contribution in [1.82, 2.24) is 14.8 Å². The first-order chi connectivity index (χ1) is 16.9. The summed E-state index contributed by atoms with van der Waals surface area (Å²) >= 11 is 0. The third kappa shape index (κ3) is 6.66. The summed E-state index contributed by atoms with van der Waals surface area (Å²) in [5.41, 5.74) is 1.35. The highest BCUT2D eigenvalue weighted by Crippen LogP contribution is 2.30. The van der Waals surface area contributed by atoms with Gasteiger partial charge in [-0.1, -0.05) is 19.1 Å². The van der Waals surface area contributed by atoms with E-state index in [0.717, 1.165) is 0 Å². The van der Waals surface area contributed by atoms with Gasteiger partial charge in [-0.25, -0.2) is 14.0 Å². The average Bonchev–Trinajstić information content (AvgIpc) is 3.18. The molecule has 9 nitrogen and oxygen atoms in total. The predicted molar refractivity (Wildman–Crippen MR) is 132 cm³/mol. The first-order valence-electron chi connectivity index (χ1n) is 11.5. The van der Waals surface area contributed by atoms with E-state index in [-0.39, 0.29) is 11.6 Å². The summed E-state index contributed by atoms with van der Waals surface area (Å²) < 4.78 is 20.2. The highest BCUT2D eigenvalue weighted by molar-refractivity contribution is 5.94. The normalized spacial score (nSPS) is 13.2. The van der Waals surface area contributed by atoms with Gasteiger partial charge in [0, 0.05) is 7.05 Å². The maximum Gasteiger partial charge on any atom is 0.412 e. The van der Waals surface area contributed by atoms with Gasteiger partial charge < -0.3 is 14.9 Å². The van der Waals surface area contributed by atoms with Crippen LogP contribution in [0.3, 0.4) is 0 Å². The molecule has 10 heteroatoms. The summed E-state index contributed by atoms with van der Waals surface area (Å²) in [6.45, 7) is 7.09. The lowest BCUT2D eigenvalue weighted by atomic mass is 9.92. The van der Waals surface area contributed by atoms with Crippen molar-refractivity contribution in [2.75, 3.05) is 5.32 Å². The van der Waals surface area contributed by atoms with Crippen molar-refractivity contribution in [2.45, 2.75) is 52.2 Å². The van der Waals surface area contributed by atoms with Gasteiger partial charge in [0.25, 0.3) is 0 Å². The number of hydrogen-bond acceptors (Lipinski definition) is 6. The van der Waals surface area contributed by atoms with E-state index in [1.54, 1.807) is 45.0 Å². The molecule has 3 N–H and O–H groups in total. The Kier molecular flexibility index (Phi) is 8.09. The number of benzene rings is 1. The van der Waals surface area contributed by atoms with E-state index < -0.39 is 29.6 Å². The number of nitrogens with one attached hydrogen (secondary N) is 1. The van der Waals surface area contributed by atoms with Crippen molar-refractivity contribution in [1.29, 1.82) is 0 Å². The topological polar surface area (TPSA) is 127 Å². The number of carbonyl (C=O) groups is 2. The van der Waals surface area contributed by atoms with Crippen LogP contribution in [0.5, 0.6) is 0 Å². The van der Waals surface area contributed by atoms with Crippen molar-refractivity contribution in [3.05, 3.63) is 65.4 Å². The van der Waals surface area contributed by atoms with Crippen molar-refractivity contribution >= 4 is 17.7 Å². The quantitative estimate of drug-likeness (QED) is 0.400. The van der Waals surface area contributed by atoms with Crippen LogP contribution < -0.4 is 5.32 Å². The largest absolute Gasteiger partial charge is 0.477 e. The number of ether oxygens (including phenoxy) is 1. The third-order valence-corrected chi connectivity index (χ3v) is 5.59. The second-order valence-electron chi connectivity index (χ2n) is 9.67. The number of halogens is 1. The summed E-state index contributed by atoms with van der Waals surface area (Å²) in [5, 5.41) is 27.1. The van der Waals surface area contributed by atoms with Gasteiger partial charge >= 0.3 is 12.1 Å². The number of nitrogens with zero attached hydrogens (tertiary/aromatic N) is 3. The van der Waals surface area contributed by atoms with Crippen molar-refractivity contribution < 1.29 is 28.9 Å². The maximum atomic E-state index is 13.6. The molecule has 0 aliphatic rings. The van der Waals surface area contributed by atoms with Crippen LogP contribution in [-0.4, -0.2) is 42.6 Å². The van der Waals surface area contributed by atoms with Crippen molar-refractivity contribution in [2.24, 2.45) is 13.0 Å². The first kappa shape index (κ1) is 26.8. The molecule has 3 aromatic rings. The summed E-state index contributed by atoms with van der Waals surface area (Å²) in [6, 6.07) is 9.05. The zero-order valence-corrected chi connectivity index (χ0v) is 20.9. The minimum atomic E-state index is -1.14. The standard InChI is InChI=1S/C26H31FN4O5/c1-15(23(32)16-7-6-8-17(27)13-16)9-10-20-21(30-25(35)36-26(2,3)4)12-11-19(29-20)18-14-28-31(5)22(18)24(33)34/h6-8,11-15,23,32H,9-10H2,1-5H3,(H,30,35)(H,33,34)/t15?,23-/m1/s1. The maximum absolute atomic E-state index is 13.6. The van der Waals surface area contributed by atoms with Gasteiger partial charge in [-0.2, -0.15) is 5.10 Å². The Balaban J connectivity index is 1.90. The molecule has 1 unspecified atom stereocenters. The monoisotopic (exact) mass is 498 g/mol. The summed E-state index contributed by atoms with van der Waals surface area (Å²) in [6.07, 6.45) is 0.666. The Morgan fingerprint density at radius 1 is 1.22 bits per heavy atom. The number of pyridine rings is 1. The smallest absolute Gasteiger partial charge is 0.412 e. The van der Waals surface area contributed by atoms with Crippen LogP contribution in [0.2, 0.25) is 0 Å². The van der Waals surface area contributed by atoms with E-state index in [0.29, 0.717) is 41.0 Å². The van der Waals surface area contributed by atoms with Gasteiger partial charge in [0.2, 0.25) is 0 Å².